The molecule has 0 atom stereocenters. The average Bonchev–Trinajstić information content (AvgIpc) is 2.29. The fraction of sp³-hybridized carbons (Fsp3) is 0.167. The Morgan fingerprint density at radius 1 is 1.13 bits per heavy atom. The van der Waals surface area contributed by atoms with Crippen LogP contribution in [0.4, 0.5) is 0 Å². The second-order valence-electron chi connectivity index (χ2n) is 3.58. The predicted molar refractivity (Wildman–Crippen MR) is 61.2 cm³/mol. The van der Waals surface area contributed by atoms with Crippen LogP contribution < -0.4 is 0 Å². The van der Waals surface area contributed by atoms with Gasteiger partial charge in [-0.05, 0) is 22.4 Å². The van der Waals surface area contributed by atoms with Crippen LogP contribution in [0.5, 0.6) is 0 Å². The molecule has 2 rings (SSSR count). The molecule has 2 aromatic rings. The first kappa shape index (κ1) is 9.65. The Kier molecular flexibility index (Phi) is 2.63. The lowest BCUT2D eigenvalue weighted by Gasteiger charge is -2.08. The van der Waals surface area contributed by atoms with E-state index in [0.717, 1.165) is 5.56 Å². The van der Waals surface area contributed by atoms with Gasteiger partial charge in [0.1, 0.15) is 0 Å². The lowest BCUT2D eigenvalue weighted by Crippen LogP contribution is -2.08. The SMILES string of the molecule is CN(Cc1ccc2ccccc2c1)N=O. The van der Waals surface area contributed by atoms with Crippen LogP contribution in [0.2, 0.25) is 0 Å². The Bertz CT molecular complexity index is 482. The maximum Gasteiger partial charge on any atom is 0.0639 e. The zero-order valence-corrected chi connectivity index (χ0v) is 8.55. The van der Waals surface area contributed by atoms with Crippen molar-refractivity contribution in [2.45, 2.75) is 6.54 Å². The minimum atomic E-state index is 0.550. The van der Waals surface area contributed by atoms with Crippen LogP contribution in [-0.4, -0.2) is 12.1 Å². The summed E-state index contributed by atoms with van der Waals surface area (Å²) in [5.74, 6) is 0. The molecule has 3 heteroatoms. The number of rotatable bonds is 3. The number of nitroso groups, excluding NO2 is 1. The highest BCUT2D eigenvalue weighted by Crippen LogP contribution is 2.16. The molecule has 0 saturated heterocycles. The lowest BCUT2D eigenvalue weighted by atomic mass is 10.1. The van der Waals surface area contributed by atoms with Crippen molar-refractivity contribution in [1.29, 1.82) is 0 Å². The molecule has 0 radical (unpaired) electrons. The first-order chi connectivity index (χ1) is 7.29. The number of fused-ring (bicyclic) bond motifs is 1. The second-order valence-corrected chi connectivity index (χ2v) is 3.58. The van der Waals surface area contributed by atoms with Crippen molar-refractivity contribution in [1.82, 2.24) is 5.01 Å². The van der Waals surface area contributed by atoms with E-state index in [0.29, 0.717) is 6.54 Å². The molecule has 0 bridgehead atoms. The lowest BCUT2D eigenvalue weighted by molar-refractivity contribution is 0.342. The molecule has 0 N–H and O–H groups in total. The fourth-order valence-electron chi connectivity index (χ4n) is 1.63. The molecule has 0 fully saturated rings. The third-order valence-corrected chi connectivity index (χ3v) is 2.36. The minimum Gasteiger partial charge on any atom is -0.260 e. The van der Waals surface area contributed by atoms with Crippen LogP contribution in [0.1, 0.15) is 5.56 Å². The quantitative estimate of drug-likeness (QED) is 0.563. The van der Waals surface area contributed by atoms with E-state index in [1.807, 2.05) is 18.2 Å². The summed E-state index contributed by atoms with van der Waals surface area (Å²) in [6.07, 6.45) is 0. The van der Waals surface area contributed by atoms with Gasteiger partial charge in [0.15, 0.2) is 0 Å². The molecule has 0 saturated carbocycles. The van der Waals surface area contributed by atoms with Crippen molar-refractivity contribution in [3.8, 4) is 0 Å². The third kappa shape index (κ3) is 2.13. The summed E-state index contributed by atoms with van der Waals surface area (Å²) in [7, 11) is 1.67. The minimum absolute atomic E-state index is 0.550. The second kappa shape index (κ2) is 4.09. The summed E-state index contributed by atoms with van der Waals surface area (Å²) < 4.78 is 0. The summed E-state index contributed by atoms with van der Waals surface area (Å²) in [6, 6.07) is 14.3. The Balaban J connectivity index is 2.34. The number of hydrogen-bond donors (Lipinski definition) is 0. The van der Waals surface area contributed by atoms with Crippen LogP contribution in [-0.2, 0) is 6.54 Å². The molecule has 0 aliphatic rings. The van der Waals surface area contributed by atoms with E-state index in [1.54, 1.807) is 7.05 Å². The van der Waals surface area contributed by atoms with Crippen molar-refractivity contribution in [3.63, 3.8) is 0 Å². The van der Waals surface area contributed by atoms with Crippen LogP contribution in [0.15, 0.2) is 47.8 Å². The molecule has 3 nitrogen and oxygen atoms in total. The largest absolute Gasteiger partial charge is 0.260 e. The van der Waals surface area contributed by atoms with E-state index >= 15 is 0 Å². The van der Waals surface area contributed by atoms with E-state index < -0.39 is 0 Å². The first-order valence-corrected chi connectivity index (χ1v) is 4.81. The zero-order chi connectivity index (χ0) is 10.7. The molecule has 2 aromatic carbocycles. The molecule has 0 aromatic heterocycles. The van der Waals surface area contributed by atoms with Gasteiger partial charge >= 0.3 is 0 Å². The molecule has 0 spiro atoms. The normalized spacial score (nSPS) is 10.2. The number of hydrogen-bond acceptors (Lipinski definition) is 2. The molecule has 15 heavy (non-hydrogen) atoms. The van der Waals surface area contributed by atoms with E-state index in [2.05, 4.69) is 29.6 Å². The summed E-state index contributed by atoms with van der Waals surface area (Å²) >= 11 is 0. The van der Waals surface area contributed by atoms with Gasteiger partial charge in [0.25, 0.3) is 0 Å². The van der Waals surface area contributed by atoms with Gasteiger partial charge < -0.3 is 0 Å². The summed E-state index contributed by atoms with van der Waals surface area (Å²) in [6.45, 7) is 0.550. The van der Waals surface area contributed by atoms with Gasteiger partial charge in [-0.25, -0.2) is 0 Å². The molecular formula is C12H12N2O. The first-order valence-electron chi connectivity index (χ1n) is 4.81. The van der Waals surface area contributed by atoms with E-state index in [1.165, 1.54) is 15.8 Å². The highest BCUT2D eigenvalue weighted by Gasteiger charge is 1.99. The van der Waals surface area contributed by atoms with Crippen molar-refractivity contribution in [3.05, 3.63) is 52.9 Å². The molecule has 76 valence electrons. The Labute approximate surface area is 88.3 Å². The standard InChI is InChI=1S/C12H12N2O/c1-14(13-15)9-10-6-7-11-4-2-3-5-12(11)8-10/h2-8H,9H2,1H3. The van der Waals surface area contributed by atoms with E-state index in [-0.39, 0.29) is 0 Å². The molecule has 0 aliphatic carbocycles. The Morgan fingerprint density at radius 3 is 2.60 bits per heavy atom. The molecular weight excluding hydrogens is 188 g/mol. The van der Waals surface area contributed by atoms with Crippen LogP contribution in [0.25, 0.3) is 10.8 Å². The van der Waals surface area contributed by atoms with Gasteiger partial charge in [-0.2, -0.15) is 0 Å². The highest BCUT2D eigenvalue weighted by atomic mass is 16.3. The van der Waals surface area contributed by atoms with Crippen LogP contribution in [0, 0.1) is 4.91 Å². The summed E-state index contributed by atoms with van der Waals surface area (Å²) in [5.41, 5.74) is 1.09. The van der Waals surface area contributed by atoms with Gasteiger partial charge in [0.2, 0.25) is 0 Å². The van der Waals surface area contributed by atoms with Gasteiger partial charge in [-0.3, -0.25) is 5.01 Å². The highest BCUT2D eigenvalue weighted by molar-refractivity contribution is 5.82. The van der Waals surface area contributed by atoms with Crippen LogP contribution >= 0.6 is 0 Å². The third-order valence-electron chi connectivity index (χ3n) is 2.36. The smallest absolute Gasteiger partial charge is 0.0639 e. The zero-order valence-electron chi connectivity index (χ0n) is 8.55. The van der Waals surface area contributed by atoms with Gasteiger partial charge in [-0.15, -0.1) is 4.91 Å². The van der Waals surface area contributed by atoms with Gasteiger partial charge in [0.05, 0.1) is 11.8 Å². The van der Waals surface area contributed by atoms with Crippen LogP contribution in [0.3, 0.4) is 0 Å². The van der Waals surface area contributed by atoms with E-state index in [9.17, 15) is 4.91 Å². The van der Waals surface area contributed by atoms with E-state index in [4.69, 9.17) is 0 Å². The van der Waals surface area contributed by atoms with Gasteiger partial charge in [-0.1, -0.05) is 36.4 Å². The van der Waals surface area contributed by atoms with Gasteiger partial charge in [0, 0.05) is 7.05 Å². The summed E-state index contributed by atoms with van der Waals surface area (Å²) in [4.78, 5) is 10.2. The Hall–Kier alpha value is -1.90. The molecule has 0 aliphatic heterocycles. The molecule has 0 amide bonds. The average molecular weight is 200 g/mol. The maximum atomic E-state index is 10.2. The Morgan fingerprint density at radius 2 is 1.87 bits per heavy atom. The topological polar surface area (TPSA) is 32.7 Å². The maximum absolute atomic E-state index is 10.2. The van der Waals surface area contributed by atoms with Crippen molar-refractivity contribution < 1.29 is 0 Å². The monoisotopic (exact) mass is 200 g/mol. The van der Waals surface area contributed by atoms with Crippen molar-refractivity contribution in [2.24, 2.45) is 5.29 Å². The fourth-order valence-corrected chi connectivity index (χ4v) is 1.63. The number of benzene rings is 2. The molecule has 0 heterocycles. The van der Waals surface area contributed by atoms with Crippen molar-refractivity contribution >= 4 is 10.8 Å². The summed E-state index contributed by atoms with van der Waals surface area (Å²) in [5, 5.41) is 6.63. The predicted octanol–water partition coefficient (Wildman–Crippen LogP) is 2.95. The number of nitrogens with zero attached hydrogens (tertiary/aromatic N) is 2. The molecule has 0 unspecified atom stereocenters. The van der Waals surface area contributed by atoms with Crippen molar-refractivity contribution in [2.75, 3.05) is 7.05 Å².